The summed E-state index contributed by atoms with van der Waals surface area (Å²) >= 11 is 0. The maximum Gasteiger partial charge on any atom is 0.326 e. The highest BCUT2D eigenvalue weighted by molar-refractivity contribution is 5.99. The van der Waals surface area contributed by atoms with Gasteiger partial charge in [-0.1, -0.05) is 43.3 Å². The number of carbonyl (C=O) groups excluding carboxylic acids is 1. The lowest BCUT2D eigenvalue weighted by atomic mass is 10.1. The number of carbonyl (C=O) groups is 1. The first-order chi connectivity index (χ1) is 10.7. The minimum atomic E-state index is -0.165. The van der Waals surface area contributed by atoms with Crippen molar-refractivity contribution in [1.29, 1.82) is 0 Å². The first-order valence-corrected chi connectivity index (χ1v) is 7.51. The van der Waals surface area contributed by atoms with Crippen molar-refractivity contribution in [3.63, 3.8) is 0 Å². The van der Waals surface area contributed by atoms with E-state index in [1.807, 2.05) is 67.6 Å². The molecule has 0 spiro atoms. The summed E-state index contributed by atoms with van der Waals surface area (Å²) in [5, 5.41) is 11.9. The van der Waals surface area contributed by atoms with Gasteiger partial charge in [0.05, 0.1) is 11.4 Å². The molecule has 0 heterocycles. The second-order valence-electron chi connectivity index (χ2n) is 5.31. The molecule has 0 fully saturated rings. The highest BCUT2D eigenvalue weighted by Crippen LogP contribution is 2.24. The molecule has 0 aromatic heterocycles. The molecular formula is C18H22N2O2. The molecule has 116 valence electrons. The number of benzene rings is 2. The van der Waals surface area contributed by atoms with Crippen LogP contribution in [0.4, 0.5) is 16.2 Å². The summed E-state index contributed by atoms with van der Waals surface area (Å²) in [6, 6.07) is 18.9. The van der Waals surface area contributed by atoms with Crippen molar-refractivity contribution < 1.29 is 9.90 Å². The van der Waals surface area contributed by atoms with Gasteiger partial charge in [0.2, 0.25) is 0 Å². The molecule has 2 rings (SSSR count). The standard InChI is InChI=1S/C18H22N2O2/c1-15(12-13-21)14-19-18(22)20(16-8-4-2-5-9-16)17-10-6-3-7-11-17/h2-11,15,21H,12-14H2,1H3,(H,19,22)/t15-/m1/s1. The molecule has 0 aliphatic rings. The number of aliphatic hydroxyl groups is 1. The van der Waals surface area contributed by atoms with Crippen LogP contribution in [0.15, 0.2) is 60.7 Å². The van der Waals surface area contributed by atoms with Crippen molar-refractivity contribution in [2.75, 3.05) is 18.1 Å². The normalized spacial score (nSPS) is 11.7. The van der Waals surface area contributed by atoms with Gasteiger partial charge in [0.15, 0.2) is 0 Å². The van der Waals surface area contributed by atoms with E-state index in [2.05, 4.69) is 5.32 Å². The molecule has 1 atom stereocenters. The number of nitrogens with zero attached hydrogens (tertiary/aromatic N) is 1. The molecule has 2 N–H and O–H groups in total. The predicted octanol–water partition coefficient (Wildman–Crippen LogP) is 3.55. The fourth-order valence-electron chi connectivity index (χ4n) is 2.20. The number of rotatable bonds is 6. The largest absolute Gasteiger partial charge is 0.396 e. The number of hydrogen-bond acceptors (Lipinski definition) is 2. The number of amides is 2. The quantitative estimate of drug-likeness (QED) is 0.857. The summed E-state index contributed by atoms with van der Waals surface area (Å²) in [6.45, 7) is 2.68. The summed E-state index contributed by atoms with van der Waals surface area (Å²) < 4.78 is 0. The van der Waals surface area contributed by atoms with E-state index in [9.17, 15) is 4.79 Å². The molecule has 4 nitrogen and oxygen atoms in total. The van der Waals surface area contributed by atoms with Crippen LogP contribution in [0.5, 0.6) is 0 Å². The Morgan fingerprint density at radius 2 is 1.55 bits per heavy atom. The van der Waals surface area contributed by atoms with Gasteiger partial charge in [-0.05, 0) is 36.6 Å². The van der Waals surface area contributed by atoms with E-state index in [1.54, 1.807) is 4.90 Å². The lowest BCUT2D eigenvalue weighted by Gasteiger charge is -2.24. The van der Waals surface area contributed by atoms with Gasteiger partial charge in [0.1, 0.15) is 0 Å². The van der Waals surface area contributed by atoms with Gasteiger partial charge in [-0.25, -0.2) is 4.79 Å². The zero-order valence-corrected chi connectivity index (χ0v) is 12.8. The fourth-order valence-corrected chi connectivity index (χ4v) is 2.20. The molecule has 0 saturated heterocycles. The van der Waals surface area contributed by atoms with E-state index in [0.29, 0.717) is 13.0 Å². The third-order valence-electron chi connectivity index (χ3n) is 3.46. The van der Waals surface area contributed by atoms with Gasteiger partial charge in [0.25, 0.3) is 0 Å². The van der Waals surface area contributed by atoms with Crippen LogP contribution < -0.4 is 10.2 Å². The van der Waals surface area contributed by atoms with Crippen LogP contribution in [0.1, 0.15) is 13.3 Å². The Kier molecular flexibility index (Phi) is 5.98. The third-order valence-corrected chi connectivity index (χ3v) is 3.46. The number of urea groups is 1. The van der Waals surface area contributed by atoms with E-state index in [4.69, 9.17) is 5.11 Å². The smallest absolute Gasteiger partial charge is 0.326 e. The molecule has 0 radical (unpaired) electrons. The minimum Gasteiger partial charge on any atom is -0.396 e. The first-order valence-electron chi connectivity index (χ1n) is 7.51. The Balaban J connectivity index is 2.17. The van der Waals surface area contributed by atoms with Crippen LogP contribution in [0.25, 0.3) is 0 Å². The number of para-hydroxylation sites is 2. The van der Waals surface area contributed by atoms with Crippen LogP contribution in [-0.4, -0.2) is 24.3 Å². The minimum absolute atomic E-state index is 0.137. The topological polar surface area (TPSA) is 52.6 Å². The van der Waals surface area contributed by atoms with Gasteiger partial charge < -0.3 is 10.4 Å². The Labute approximate surface area is 131 Å². The Morgan fingerprint density at radius 3 is 2.00 bits per heavy atom. The molecular weight excluding hydrogens is 276 g/mol. The molecule has 2 aromatic carbocycles. The van der Waals surface area contributed by atoms with Crippen molar-refractivity contribution in [3.8, 4) is 0 Å². The molecule has 0 unspecified atom stereocenters. The number of nitrogens with one attached hydrogen (secondary N) is 1. The monoisotopic (exact) mass is 298 g/mol. The molecule has 0 aliphatic carbocycles. The Hall–Kier alpha value is -2.33. The highest BCUT2D eigenvalue weighted by atomic mass is 16.3. The van der Waals surface area contributed by atoms with Crippen molar-refractivity contribution in [2.45, 2.75) is 13.3 Å². The second kappa shape index (κ2) is 8.20. The summed E-state index contributed by atoms with van der Waals surface area (Å²) in [6.07, 6.45) is 0.678. The maximum atomic E-state index is 12.6. The Morgan fingerprint density at radius 1 is 1.05 bits per heavy atom. The summed E-state index contributed by atoms with van der Waals surface area (Å²) in [7, 11) is 0. The van der Waals surface area contributed by atoms with Gasteiger partial charge >= 0.3 is 6.03 Å². The summed E-state index contributed by atoms with van der Waals surface area (Å²) in [4.78, 5) is 14.3. The molecule has 2 amide bonds. The van der Waals surface area contributed by atoms with Crippen LogP contribution in [0.2, 0.25) is 0 Å². The number of anilines is 2. The van der Waals surface area contributed by atoms with E-state index >= 15 is 0 Å². The van der Waals surface area contributed by atoms with Crippen molar-refractivity contribution in [1.82, 2.24) is 5.32 Å². The predicted molar refractivity (Wildman–Crippen MR) is 89.3 cm³/mol. The highest BCUT2D eigenvalue weighted by Gasteiger charge is 2.17. The Bertz CT molecular complexity index is 533. The van der Waals surface area contributed by atoms with Crippen LogP contribution in [0.3, 0.4) is 0 Å². The molecule has 2 aromatic rings. The van der Waals surface area contributed by atoms with Gasteiger partial charge in [0, 0.05) is 13.2 Å². The third kappa shape index (κ3) is 4.33. The SMILES string of the molecule is C[C@H](CCO)CNC(=O)N(c1ccccc1)c1ccccc1. The molecule has 0 aliphatic heterocycles. The number of aliphatic hydroxyl groups excluding tert-OH is 1. The first kappa shape index (κ1) is 16.0. The van der Waals surface area contributed by atoms with Crippen molar-refractivity contribution in [2.24, 2.45) is 5.92 Å². The number of hydrogen-bond donors (Lipinski definition) is 2. The lowest BCUT2D eigenvalue weighted by molar-refractivity contribution is 0.240. The van der Waals surface area contributed by atoms with E-state index in [1.165, 1.54) is 0 Å². The van der Waals surface area contributed by atoms with Gasteiger partial charge in [-0.3, -0.25) is 4.90 Å². The van der Waals surface area contributed by atoms with Crippen LogP contribution >= 0.6 is 0 Å². The van der Waals surface area contributed by atoms with Crippen molar-refractivity contribution >= 4 is 17.4 Å². The second-order valence-corrected chi connectivity index (χ2v) is 5.31. The zero-order chi connectivity index (χ0) is 15.8. The molecule has 0 saturated carbocycles. The van der Waals surface area contributed by atoms with Gasteiger partial charge in [-0.2, -0.15) is 0 Å². The molecule has 0 bridgehead atoms. The average molecular weight is 298 g/mol. The van der Waals surface area contributed by atoms with E-state index in [0.717, 1.165) is 11.4 Å². The average Bonchev–Trinajstić information content (AvgIpc) is 2.55. The fraction of sp³-hybridized carbons (Fsp3) is 0.278. The van der Waals surface area contributed by atoms with Crippen molar-refractivity contribution in [3.05, 3.63) is 60.7 Å². The van der Waals surface area contributed by atoms with E-state index < -0.39 is 0 Å². The molecule has 22 heavy (non-hydrogen) atoms. The lowest BCUT2D eigenvalue weighted by Crippen LogP contribution is -2.39. The van der Waals surface area contributed by atoms with Gasteiger partial charge in [-0.15, -0.1) is 0 Å². The maximum absolute atomic E-state index is 12.6. The van der Waals surface area contributed by atoms with Crippen LogP contribution in [-0.2, 0) is 0 Å². The van der Waals surface area contributed by atoms with E-state index in [-0.39, 0.29) is 18.6 Å². The van der Waals surface area contributed by atoms with Crippen LogP contribution in [0, 0.1) is 5.92 Å². The molecule has 4 heteroatoms. The zero-order valence-electron chi connectivity index (χ0n) is 12.8. The summed E-state index contributed by atoms with van der Waals surface area (Å²) in [5.41, 5.74) is 1.64. The summed E-state index contributed by atoms with van der Waals surface area (Å²) in [5.74, 6) is 0.238.